The molecule has 3 atom stereocenters. The van der Waals surface area contributed by atoms with Crippen LogP contribution in [0.25, 0.3) is 0 Å². The molecule has 1 aliphatic rings. The van der Waals surface area contributed by atoms with Crippen molar-refractivity contribution in [3.8, 4) is 5.75 Å². The van der Waals surface area contributed by atoms with E-state index in [1.54, 1.807) is 0 Å². The fraction of sp³-hybridized carbons (Fsp3) is 0.467. The van der Waals surface area contributed by atoms with Crippen LogP contribution in [0.15, 0.2) is 24.3 Å². The Hall–Kier alpha value is -2.41. The molecule has 1 aromatic carbocycles. The summed E-state index contributed by atoms with van der Waals surface area (Å²) in [5.74, 6) is -2.39. The molecule has 1 heterocycles. The molecule has 0 saturated carbocycles. The number of hydrogen-bond acceptors (Lipinski definition) is 8. The highest BCUT2D eigenvalue weighted by Gasteiger charge is 2.59. The molecule has 0 spiro atoms. The second-order valence-electron chi connectivity index (χ2n) is 5.91. The van der Waals surface area contributed by atoms with Gasteiger partial charge >= 0.3 is 11.9 Å². The Morgan fingerprint density at radius 2 is 1.84 bits per heavy atom. The lowest BCUT2D eigenvalue weighted by Crippen LogP contribution is -2.41. The third kappa shape index (κ3) is 4.17. The van der Waals surface area contributed by atoms with Crippen LogP contribution >= 0.6 is 7.37 Å². The van der Waals surface area contributed by atoms with Gasteiger partial charge in [-0.05, 0) is 19.1 Å². The van der Waals surface area contributed by atoms with E-state index in [1.165, 1.54) is 38.1 Å². The molecule has 136 valence electrons. The average Bonchev–Trinajstić information content (AvgIpc) is 2.72. The largest absolute Gasteiger partial charge is 0.455 e. The van der Waals surface area contributed by atoms with Crippen molar-refractivity contribution >= 4 is 25.0 Å². The van der Waals surface area contributed by atoms with Gasteiger partial charge in [0.2, 0.25) is 5.85 Å². The van der Waals surface area contributed by atoms with Crippen LogP contribution in [-0.4, -0.2) is 34.5 Å². The number of carbonyl (C=O) groups is 2. The van der Waals surface area contributed by atoms with Crippen LogP contribution in [0.5, 0.6) is 5.75 Å². The molecular formula is C15H18NO8P. The number of esters is 2. The van der Waals surface area contributed by atoms with Crippen LogP contribution in [-0.2, 0) is 23.6 Å². The van der Waals surface area contributed by atoms with Gasteiger partial charge in [0, 0.05) is 38.6 Å². The van der Waals surface area contributed by atoms with Gasteiger partial charge in [0.15, 0.2) is 5.60 Å². The van der Waals surface area contributed by atoms with Gasteiger partial charge in [0.05, 0.1) is 4.92 Å². The smallest absolute Gasteiger partial charge is 0.303 e. The van der Waals surface area contributed by atoms with Gasteiger partial charge in [-0.3, -0.25) is 24.3 Å². The second-order valence-corrected chi connectivity index (χ2v) is 8.46. The molecule has 1 fully saturated rings. The number of nitro groups is 1. The minimum atomic E-state index is -3.56. The van der Waals surface area contributed by atoms with E-state index in [0.29, 0.717) is 0 Å². The van der Waals surface area contributed by atoms with Gasteiger partial charge in [-0.25, -0.2) is 0 Å². The second kappa shape index (κ2) is 6.84. The van der Waals surface area contributed by atoms with Crippen LogP contribution in [0.2, 0.25) is 0 Å². The summed E-state index contributed by atoms with van der Waals surface area (Å²) in [5, 5.41) is 10.7. The van der Waals surface area contributed by atoms with Crippen molar-refractivity contribution < 1.29 is 33.1 Å². The summed E-state index contributed by atoms with van der Waals surface area (Å²) in [6.07, 6.45) is 0.223. The third-order valence-electron chi connectivity index (χ3n) is 3.76. The summed E-state index contributed by atoms with van der Waals surface area (Å²) in [4.78, 5) is 32.9. The van der Waals surface area contributed by atoms with E-state index in [0.717, 1.165) is 6.92 Å². The molecule has 1 saturated heterocycles. The number of nitro benzene ring substituents is 1. The molecular weight excluding hydrogens is 353 g/mol. The maximum atomic E-state index is 13.2. The Morgan fingerprint density at radius 3 is 2.32 bits per heavy atom. The monoisotopic (exact) mass is 371 g/mol. The van der Waals surface area contributed by atoms with Crippen LogP contribution in [0, 0.1) is 10.1 Å². The molecule has 0 N–H and O–H groups in total. The third-order valence-corrected chi connectivity index (χ3v) is 6.49. The standard InChI is InChI=1S/C15H18NO8P/c1-10(17)22-14-15(3,23-11(2)18)8-9-25(14,21)24-13-6-4-12(5-7-13)16(19)20/h4-7,14H,8-9H2,1-3H3. The molecule has 1 aliphatic heterocycles. The predicted octanol–water partition coefficient (Wildman–Crippen LogP) is 2.87. The Bertz CT molecular complexity index is 746. The maximum Gasteiger partial charge on any atom is 0.303 e. The number of nitrogens with zero attached hydrogens (tertiary/aromatic N) is 1. The summed E-state index contributed by atoms with van der Waals surface area (Å²) in [6, 6.07) is 5.04. The quantitative estimate of drug-likeness (QED) is 0.335. The predicted molar refractivity (Wildman–Crippen MR) is 86.5 cm³/mol. The molecule has 0 radical (unpaired) electrons. The van der Waals surface area contributed by atoms with Crippen molar-refractivity contribution in [2.24, 2.45) is 0 Å². The van der Waals surface area contributed by atoms with Gasteiger partial charge < -0.3 is 14.0 Å². The summed E-state index contributed by atoms with van der Waals surface area (Å²) >= 11 is 0. The van der Waals surface area contributed by atoms with E-state index in [-0.39, 0.29) is 24.0 Å². The minimum Gasteiger partial charge on any atom is -0.455 e. The first-order chi connectivity index (χ1) is 11.6. The number of hydrogen-bond donors (Lipinski definition) is 0. The van der Waals surface area contributed by atoms with Crippen LogP contribution in [0.4, 0.5) is 5.69 Å². The highest BCUT2D eigenvalue weighted by molar-refractivity contribution is 7.60. The van der Waals surface area contributed by atoms with E-state index >= 15 is 0 Å². The molecule has 25 heavy (non-hydrogen) atoms. The molecule has 0 bridgehead atoms. The fourth-order valence-electron chi connectivity index (χ4n) is 2.73. The van der Waals surface area contributed by atoms with E-state index in [2.05, 4.69) is 0 Å². The zero-order valence-electron chi connectivity index (χ0n) is 14.0. The van der Waals surface area contributed by atoms with Crippen molar-refractivity contribution in [1.29, 1.82) is 0 Å². The van der Waals surface area contributed by atoms with Crippen LogP contribution in [0.3, 0.4) is 0 Å². The zero-order valence-corrected chi connectivity index (χ0v) is 14.9. The zero-order chi connectivity index (χ0) is 18.8. The summed E-state index contributed by atoms with van der Waals surface area (Å²) < 4.78 is 29.2. The number of benzene rings is 1. The SMILES string of the molecule is CC(=O)OC1C(C)(OC(C)=O)CCP1(=O)Oc1ccc([N+](=O)[O-])cc1. The first kappa shape index (κ1) is 18.9. The number of ether oxygens (including phenoxy) is 2. The molecule has 2 rings (SSSR count). The highest BCUT2D eigenvalue weighted by atomic mass is 31.2. The minimum absolute atomic E-state index is 0.0334. The molecule has 0 aliphatic carbocycles. The molecule has 3 unspecified atom stereocenters. The first-order valence-corrected chi connectivity index (χ1v) is 9.33. The number of non-ortho nitro benzene ring substituents is 1. The van der Waals surface area contributed by atoms with Crippen LogP contribution < -0.4 is 4.52 Å². The fourth-order valence-corrected chi connectivity index (χ4v) is 5.71. The van der Waals surface area contributed by atoms with E-state index in [1.807, 2.05) is 0 Å². The summed E-state index contributed by atoms with van der Waals surface area (Å²) in [7, 11) is -3.56. The summed E-state index contributed by atoms with van der Waals surface area (Å²) in [6.45, 7) is 3.89. The van der Waals surface area contributed by atoms with Crippen molar-refractivity contribution in [2.75, 3.05) is 6.16 Å². The van der Waals surface area contributed by atoms with Gasteiger partial charge in [-0.1, -0.05) is 0 Å². The molecule has 10 heteroatoms. The van der Waals surface area contributed by atoms with Gasteiger partial charge in [-0.2, -0.15) is 0 Å². The van der Waals surface area contributed by atoms with Crippen molar-refractivity contribution in [3.05, 3.63) is 34.4 Å². The van der Waals surface area contributed by atoms with Gasteiger partial charge in [0.1, 0.15) is 5.75 Å². The average molecular weight is 371 g/mol. The molecule has 0 aromatic heterocycles. The lowest BCUT2D eigenvalue weighted by Gasteiger charge is -2.31. The number of carbonyl (C=O) groups excluding carboxylic acids is 2. The Labute approximate surface area is 143 Å². The van der Waals surface area contributed by atoms with Crippen molar-refractivity contribution in [1.82, 2.24) is 0 Å². The highest BCUT2D eigenvalue weighted by Crippen LogP contribution is 2.63. The lowest BCUT2D eigenvalue weighted by molar-refractivity contribution is -0.384. The van der Waals surface area contributed by atoms with Gasteiger partial charge in [0.25, 0.3) is 13.1 Å². The first-order valence-electron chi connectivity index (χ1n) is 7.45. The Kier molecular flexibility index (Phi) is 5.17. The summed E-state index contributed by atoms with van der Waals surface area (Å²) in [5.41, 5.74) is -1.41. The lowest BCUT2D eigenvalue weighted by atomic mass is 10.1. The number of rotatable bonds is 5. The molecule has 0 amide bonds. The topological polar surface area (TPSA) is 122 Å². The Morgan fingerprint density at radius 1 is 1.24 bits per heavy atom. The van der Waals surface area contributed by atoms with Crippen LogP contribution in [0.1, 0.15) is 27.2 Å². The van der Waals surface area contributed by atoms with E-state index < -0.39 is 35.7 Å². The molecule has 1 aromatic rings. The molecule has 9 nitrogen and oxygen atoms in total. The van der Waals surface area contributed by atoms with Crippen molar-refractivity contribution in [2.45, 2.75) is 38.6 Å². The van der Waals surface area contributed by atoms with Gasteiger partial charge in [-0.15, -0.1) is 0 Å². The van der Waals surface area contributed by atoms with E-state index in [4.69, 9.17) is 14.0 Å². The Balaban J connectivity index is 2.30. The normalized spacial score (nSPS) is 28.2. The maximum absolute atomic E-state index is 13.2. The van der Waals surface area contributed by atoms with E-state index in [9.17, 15) is 24.3 Å². The van der Waals surface area contributed by atoms with Crippen molar-refractivity contribution in [3.63, 3.8) is 0 Å².